The molecule has 5 heteroatoms. The number of hydrogen-bond donors (Lipinski definition) is 1. The summed E-state index contributed by atoms with van der Waals surface area (Å²) in [5.41, 5.74) is 1.30. The van der Waals surface area contributed by atoms with E-state index in [4.69, 9.17) is 11.6 Å². The van der Waals surface area contributed by atoms with Crippen LogP contribution in [0.1, 0.15) is 17.2 Å². The Hall–Kier alpha value is -2.59. The van der Waals surface area contributed by atoms with Gasteiger partial charge in [-0.2, -0.15) is 0 Å². The van der Waals surface area contributed by atoms with E-state index in [1.54, 1.807) is 55.6 Å². The van der Waals surface area contributed by atoms with Crippen LogP contribution < -0.4 is 0 Å². The fraction of sp³-hybridized carbons (Fsp3) is 0.111. The SMILES string of the molecule is CN1C(=O)C(=O)/C(=C(/O)c2ccccc2)[C@@H]1c1ccc(Cl)cc1. The highest BCUT2D eigenvalue weighted by atomic mass is 35.5. The van der Waals surface area contributed by atoms with Crippen molar-refractivity contribution in [1.29, 1.82) is 0 Å². The van der Waals surface area contributed by atoms with E-state index >= 15 is 0 Å². The summed E-state index contributed by atoms with van der Waals surface area (Å²) in [5.74, 6) is -1.50. The molecule has 1 fully saturated rings. The average Bonchev–Trinajstić information content (AvgIpc) is 2.80. The van der Waals surface area contributed by atoms with Crippen LogP contribution in [0, 0.1) is 0 Å². The summed E-state index contributed by atoms with van der Waals surface area (Å²) in [6, 6.07) is 14.9. The van der Waals surface area contributed by atoms with E-state index in [2.05, 4.69) is 0 Å². The molecule has 0 unspecified atom stereocenters. The summed E-state index contributed by atoms with van der Waals surface area (Å²) in [5, 5.41) is 11.1. The first-order chi connectivity index (χ1) is 11.0. The summed E-state index contributed by atoms with van der Waals surface area (Å²) in [7, 11) is 1.55. The molecule has 2 aromatic rings. The van der Waals surface area contributed by atoms with Gasteiger partial charge in [0.1, 0.15) is 5.76 Å². The first kappa shape index (κ1) is 15.3. The van der Waals surface area contributed by atoms with E-state index in [0.29, 0.717) is 16.1 Å². The van der Waals surface area contributed by atoms with E-state index in [9.17, 15) is 14.7 Å². The molecule has 3 rings (SSSR count). The molecule has 0 aromatic heterocycles. The molecular weight excluding hydrogens is 314 g/mol. The number of likely N-dealkylation sites (tertiary alicyclic amines) is 1. The minimum Gasteiger partial charge on any atom is -0.507 e. The quantitative estimate of drug-likeness (QED) is 0.522. The molecule has 116 valence electrons. The van der Waals surface area contributed by atoms with Crippen LogP contribution in [0.2, 0.25) is 5.02 Å². The van der Waals surface area contributed by atoms with Crippen LogP contribution in [0.4, 0.5) is 0 Å². The second-order valence-electron chi connectivity index (χ2n) is 5.33. The average molecular weight is 328 g/mol. The number of ketones is 1. The smallest absolute Gasteiger partial charge is 0.295 e. The Morgan fingerprint density at radius 1 is 1.04 bits per heavy atom. The Morgan fingerprint density at radius 2 is 1.65 bits per heavy atom. The molecule has 1 amide bonds. The van der Waals surface area contributed by atoms with Crippen LogP contribution in [0.25, 0.3) is 5.76 Å². The van der Waals surface area contributed by atoms with Crippen molar-refractivity contribution in [1.82, 2.24) is 4.90 Å². The standard InChI is InChI=1S/C18H14ClNO3/c1-20-15(11-7-9-13(19)10-8-11)14(17(22)18(20)23)16(21)12-5-3-2-4-6-12/h2-10,15,21H,1H3/b16-14+/t15-/m0/s1. The topological polar surface area (TPSA) is 57.6 Å². The van der Waals surface area contributed by atoms with Crippen LogP contribution in [0.5, 0.6) is 0 Å². The second kappa shape index (κ2) is 5.89. The van der Waals surface area contributed by atoms with Crippen LogP contribution in [-0.4, -0.2) is 28.7 Å². The van der Waals surface area contributed by atoms with Gasteiger partial charge in [-0.1, -0.05) is 54.1 Å². The highest BCUT2D eigenvalue weighted by Gasteiger charge is 2.44. The zero-order valence-corrected chi connectivity index (χ0v) is 13.1. The number of amides is 1. The lowest BCUT2D eigenvalue weighted by Crippen LogP contribution is -2.24. The van der Waals surface area contributed by atoms with Crippen LogP contribution in [0.3, 0.4) is 0 Å². The number of benzene rings is 2. The van der Waals surface area contributed by atoms with Crippen LogP contribution >= 0.6 is 11.6 Å². The van der Waals surface area contributed by atoms with Gasteiger partial charge in [-0.25, -0.2) is 0 Å². The Kier molecular flexibility index (Phi) is 3.92. The van der Waals surface area contributed by atoms with E-state index in [-0.39, 0.29) is 11.3 Å². The van der Waals surface area contributed by atoms with Gasteiger partial charge in [-0.15, -0.1) is 0 Å². The number of Topliss-reactive ketones (excluding diaryl/α,β-unsaturated/α-hetero) is 1. The molecule has 1 N–H and O–H groups in total. The summed E-state index contributed by atoms with van der Waals surface area (Å²) >= 11 is 5.90. The summed E-state index contributed by atoms with van der Waals surface area (Å²) in [6.07, 6.45) is 0. The van der Waals surface area contributed by atoms with Gasteiger partial charge in [-0.3, -0.25) is 9.59 Å². The highest BCUT2D eigenvalue weighted by Crippen LogP contribution is 2.38. The number of aliphatic hydroxyl groups is 1. The molecule has 0 saturated carbocycles. The summed E-state index contributed by atoms with van der Waals surface area (Å²) < 4.78 is 0. The predicted octanol–water partition coefficient (Wildman–Crippen LogP) is 3.39. The minimum atomic E-state index is -0.686. The Labute approximate surface area is 138 Å². The maximum Gasteiger partial charge on any atom is 0.295 e. The fourth-order valence-corrected chi connectivity index (χ4v) is 2.86. The number of rotatable bonds is 2. The van der Waals surface area contributed by atoms with Gasteiger partial charge >= 0.3 is 0 Å². The molecule has 1 saturated heterocycles. The molecule has 1 aliphatic rings. The maximum absolute atomic E-state index is 12.3. The van der Waals surface area contributed by atoms with Crippen molar-refractivity contribution < 1.29 is 14.7 Å². The largest absolute Gasteiger partial charge is 0.507 e. The van der Waals surface area contributed by atoms with Crippen molar-refractivity contribution in [2.45, 2.75) is 6.04 Å². The third kappa shape index (κ3) is 2.62. The van der Waals surface area contributed by atoms with E-state index in [1.165, 1.54) is 4.90 Å². The lowest BCUT2D eigenvalue weighted by molar-refractivity contribution is -0.139. The van der Waals surface area contributed by atoms with Gasteiger partial charge in [-0.05, 0) is 17.7 Å². The second-order valence-corrected chi connectivity index (χ2v) is 5.76. The van der Waals surface area contributed by atoms with Gasteiger partial charge in [0.2, 0.25) is 0 Å². The summed E-state index contributed by atoms with van der Waals surface area (Å²) in [6.45, 7) is 0. The fourth-order valence-electron chi connectivity index (χ4n) is 2.73. The van der Waals surface area contributed by atoms with Gasteiger partial charge in [0.25, 0.3) is 11.7 Å². The van der Waals surface area contributed by atoms with E-state index < -0.39 is 17.7 Å². The number of nitrogens with zero attached hydrogens (tertiary/aromatic N) is 1. The zero-order valence-electron chi connectivity index (χ0n) is 12.4. The van der Waals surface area contributed by atoms with E-state index in [0.717, 1.165) is 0 Å². The zero-order chi connectivity index (χ0) is 16.6. The molecule has 0 bridgehead atoms. The van der Waals surface area contributed by atoms with Crippen molar-refractivity contribution in [3.05, 3.63) is 76.3 Å². The van der Waals surface area contributed by atoms with Gasteiger partial charge in [0.05, 0.1) is 11.6 Å². The number of carbonyl (C=O) groups excluding carboxylic acids is 2. The third-order valence-electron chi connectivity index (χ3n) is 3.91. The van der Waals surface area contributed by atoms with Crippen molar-refractivity contribution >= 4 is 29.1 Å². The normalized spacial score (nSPS) is 20.1. The highest BCUT2D eigenvalue weighted by molar-refractivity contribution is 6.46. The number of hydrogen-bond acceptors (Lipinski definition) is 3. The number of aliphatic hydroxyl groups excluding tert-OH is 1. The third-order valence-corrected chi connectivity index (χ3v) is 4.16. The molecule has 1 atom stereocenters. The van der Waals surface area contributed by atoms with Crippen molar-refractivity contribution in [3.8, 4) is 0 Å². The van der Waals surface area contributed by atoms with Gasteiger partial charge < -0.3 is 10.0 Å². The van der Waals surface area contributed by atoms with Crippen LogP contribution in [0.15, 0.2) is 60.2 Å². The van der Waals surface area contributed by atoms with Crippen molar-refractivity contribution in [2.24, 2.45) is 0 Å². The lowest BCUT2D eigenvalue weighted by Gasteiger charge is -2.21. The molecule has 1 aliphatic heterocycles. The van der Waals surface area contributed by atoms with Crippen molar-refractivity contribution in [3.63, 3.8) is 0 Å². The minimum absolute atomic E-state index is 0.0889. The van der Waals surface area contributed by atoms with Crippen molar-refractivity contribution in [2.75, 3.05) is 7.05 Å². The number of likely N-dealkylation sites (N-methyl/N-ethyl adjacent to an activating group) is 1. The summed E-state index contributed by atoms with van der Waals surface area (Å²) in [4.78, 5) is 25.8. The molecule has 0 aliphatic carbocycles. The maximum atomic E-state index is 12.3. The Morgan fingerprint density at radius 3 is 2.26 bits per heavy atom. The van der Waals surface area contributed by atoms with Crippen LogP contribution in [-0.2, 0) is 9.59 Å². The first-order valence-electron chi connectivity index (χ1n) is 7.06. The number of halogens is 1. The predicted molar refractivity (Wildman–Crippen MR) is 88.0 cm³/mol. The number of carbonyl (C=O) groups is 2. The Bertz CT molecular complexity index is 797. The lowest BCUT2D eigenvalue weighted by atomic mass is 9.95. The Balaban J connectivity index is 2.17. The molecule has 4 nitrogen and oxygen atoms in total. The molecule has 2 aromatic carbocycles. The molecular formula is C18H14ClNO3. The monoisotopic (exact) mass is 327 g/mol. The first-order valence-corrected chi connectivity index (χ1v) is 7.44. The molecule has 23 heavy (non-hydrogen) atoms. The van der Waals surface area contributed by atoms with Gasteiger partial charge in [0.15, 0.2) is 0 Å². The molecule has 0 radical (unpaired) electrons. The molecule has 0 spiro atoms. The molecule has 1 heterocycles. The van der Waals surface area contributed by atoms with Gasteiger partial charge in [0, 0.05) is 17.6 Å². The van der Waals surface area contributed by atoms with E-state index in [1.807, 2.05) is 6.07 Å².